The van der Waals surface area contributed by atoms with Crippen LogP contribution in [0, 0.1) is 0 Å². The van der Waals surface area contributed by atoms with E-state index >= 15 is 0 Å². The molecule has 0 amide bonds. The average molecular weight is 360 g/mol. The van der Waals surface area contributed by atoms with Crippen molar-refractivity contribution < 1.29 is 8.42 Å². The third-order valence-electron chi connectivity index (χ3n) is 3.15. The summed E-state index contributed by atoms with van der Waals surface area (Å²) in [4.78, 5) is 0.146. The van der Waals surface area contributed by atoms with Crippen molar-refractivity contribution in [3.63, 3.8) is 0 Å². The van der Waals surface area contributed by atoms with Crippen LogP contribution in [0.2, 0.25) is 10.0 Å². The maximum Gasteiger partial charge on any atom is 0.240 e. The van der Waals surface area contributed by atoms with Crippen LogP contribution in [0.5, 0.6) is 0 Å². The van der Waals surface area contributed by atoms with Gasteiger partial charge < -0.3 is 5.32 Å². The molecule has 1 aromatic carbocycles. The van der Waals surface area contributed by atoms with Gasteiger partial charge >= 0.3 is 0 Å². The number of sulfonamides is 1. The average Bonchev–Trinajstić information content (AvgIpc) is 2.32. The van der Waals surface area contributed by atoms with E-state index in [4.69, 9.17) is 23.2 Å². The Labute approximate surface area is 135 Å². The molecule has 2 rings (SSSR count). The van der Waals surface area contributed by atoms with Gasteiger partial charge in [-0.2, -0.15) is 0 Å². The minimum atomic E-state index is -3.54. The minimum absolute atomic E-state index is 0. The highest BCUT2D eigenvalue weighted by Gasteiger charge is 2.24. The fourth-order valence-corrected chi connectivity index (χ4v) is 3.84. The summed E-state index contributed by atoms with van der Waals surface area (Å²) in [6.07, 6.45) is 1.56. The maximum atomic E-state index is 12.2. The van der Waals surface area contributed by atoms with Crippen molar-refractivity contribution in [3.05, 3.63) is 28.2 Å². The van der Waals surface area contributed by atoms with Crippen LogP contribution in [0.15, 0.2) is 23.1 Å². The molecule has 1 aliphatic rings. The van der Waals surface area contributed by atoms with E-state index in [1.54, 1.807) is 0 Å². The predicted molar refractivity (Wildman–Crippen MR) is 84.5 cm³/mol. The van der Waals surface area contributed by atoms with Gasteiger partial charge in [-0.1, -0.05) is 23.2 Å². The molecule has 1 heterocycles. The highest BCUT2D eigenvalue weighted by molar-refractivity contribution is 7.89. The van der Waals surface area contributed by atoms with Crippen molar-refractivity contribution in [2.24, 2.45) is 0 Å². The van der Waals surface area contributed by atoms with Gasteiger partial charge in [0.15, 0.2) is 0 Å². The van der Waals surface area contributed by atoms with E-state index in [2.05, 4.69) is 10.0 Å². The van der Waals surface area contributed by atoms with Gasteiger partial charge in [0.25, 0.3) is 0 Å². The lowest BCUT2D eigenvalue weighted by molar-refractivity contribution is 0.361. The van der Waals surface area contributed by atoms with Gasteiger partial charge in [0.2, 0.25) is 10.0 Å². The van der Waals surface area contributed by atoms with E-state index in [9.17, 15) is 8.42 Å². The first kappa shape index (κ1) is 18.0. The minimum Gasteiger partial charge on any atom is -0.314 e. The molecule has 114 valence electrons. The van der Waals surface area contributed by atoms with Gasteiger partial charge in [-0.3, -0.25) is 0 Å². The first-order chi connectivity index (χ1) is 8.88. The lowest BCUT2D eigenvalue weighted by Crippen LogP contribution is -2.46. The zero-order chi connectivity index (χ0) is 14.0. The van der Waals surface area contributed by atoms with Crippen LogP contribution in [0.4, 0.5) is 0 Å². The second kappa shape index (κ2) is 7.29. The Kier molecular flexibility index (Phi) is 6.57. The van der Waals surface area contributed by atoms with Crippen LogP contribution in [0.1, 0.15) is 19.8 Å². The third kappa shape index (κ3) is 4.48. The quantitative estimate of drug-likeness (QED) is 0.872. The Morgan fingerprint density at radius 3 is 2.60 bits per heavy atom. The molecule has 0 spiro atoms. The van der Waals surface area contributed by atoms with Crippen molar-refractivity contribution in [3.8, 4) is 0 Å². The van der Waals surface area contributed by atoms with Crippen LogP contribution < -0.4 is 10.0 Å². The fraction of sp³-hybridized carbons (Fsp3) is 0.500. The summed E-state index contributed by atoms with van der Waals surface area (Å²) >= 11 is 11.6. The molecule has 1 aliphatic heterocycles. The zero-order valence-electron chi connectivity index (χ0n) is 10.9. The number of piperidine rings is 1. The number of halogens is 3. The molecule has 0 aromatic heterocycles. The molecule has 1 aromatic rings. The van der Waals surface area contributed by atoms with Crippen molar-refractivity contribution in [1.29, 1.82) is 0 Å². The van der Waals surface area contributed by atoms with Crippen LogP contribution in [-0.2, 0) is 10.0 Å². The lowest BCUT2D eigenvalue weighted by atomic mass is 10.0. The second-order valence-corrected chi connectivity index (χ2v) is 7.30. The van der Waals surface area contributed by atoms with Crippen LogP contribution in [-0.4, -0.2) is 27.0 Å². The molecule has 8 heteroatoms. The molecule has 1 saturated heterocycles. The van der Waals surface area contributed by atoms with Crippen molar-refractivity contribution in [2.45, 2.75) is 36.7 Å². The number of hydrogen-bond donors (Lipinski definition) is 2. The lowest BCUT2D eigenvalue weighted by Gasteiger charge is -2.28. The summed E-state index contributed by atoms with van der Waals surface area (Å²) in [5, 5.41) is 3.86. The van der Waals surface area contributed by atoms with E-state index in [-0.39, 0.29) is 28.4 Å². The Bertz CT molecular complexity index is 566. The summed E-state index contributed by atoms with van der Waals surface area (Å²) < 4.78 is 27.2. The van der Waals surface area contributed by atoms with Crippen molar-refractivity contribution in [2.75, 3.05) is 6.54 Å². The molecule has 0 radical (unpaired) electrons. The SMILES string of the molecule is CC1CC(NS(=O)(=O)c2ccc(Cl)c(Cl)c2)CCN1.Cl. The molecule has 2 unspecified atom stereocenters. The Hall–Kier alpha value is -0.0400. The zero-order valence-corrected chi connectivity index (χ0v) is 14.0. The van der Waals surface area contributed by atoms with E-state index < -0.39 is 10.0 Å². The summed E-state index contributed by atoms with van der Waals surface area (Å²) in [5.74, 6) is 0. The third-order valence-corrected chi connectivity index (χ3v) is 5.40. The fourth-order valence-electron chi connectivity index (χ4n) is 2.17. The van der Waals surface area contributed by atoms with Crippen LogP contribution >= 0.6 is 35.6 Å². The van der Waals surface area contributed by atoms with Gasteiger partial charge in [0, 0.05) is 12.1 Å². The highest BCUT2D eigenvalue weighted by Crippen LogP contribution is 2.25. The largest absolute Gasteiger partial charge is 0.314 e. The smallest absolute Gasteiger partial charge is 0.240 e. The molecule has 0 bridgehead atoms. The Morgan fingerprint density at radius 1 is 1.30 bits per heavy atom. The number of benzene rings is 1. The Balaban J connectivity index is 0.00000200. The number of hydrogen-bond acceptors (Lipinski definition) is 3. The number of rotatable bonds is 3. The van der Waals surface area contributed by atoms with E-state index in [1.165, 1.54) is 18.2 Å². The molecule has 0 aliphatic carbocycles. The van der Waals surface area contributed by atoms with E-state index in [0.29, 0.717) is 11.1 Å². The second-order valence-electron chi connectivity index (χ2n) is 4.77. The highest BCUT2D eigenvalue weighted by atomic mass is 35.5. The molecule has 2 atom stereocenters. The molecule has 1 fully saturated rings. The van der Waals surface area contributed by atoms with Gasteiger partial charge in [0.1, 0.15) is 0 Å². The standard InChI is InChI=1S/C12H16Cl2N2O2S.ClH/c1-8-6-9(4-5-15-8)16-19(17,18)10-2-3-11(13)12(14)7-10;/h2-3,7-9,15-16H,4-6H2,1H3;1H. The predicted octanol–water partition coefficient (Wildman–Crippen LogP) is 2.83. The first-order valence-corrected chi connectivity index (χ1v) is 8.33. The van der Waals surface area contributed by atoms with Gasteiger partial charge in [-0.05, 0) is 44.5 Å². The van der Waals surface area contributed by atoms with Crippen LogP contribution in [0.25, 0.3) is 0 Å². The summed E-state index contributed by atoms with van der Waals surface area (Å²) in [6.45, 7) is 2.86. The monoisotopic (exact) mass is 358 g/mol. The molecule has 4 nitrogen and oxygen atoms in total. The van der Waals surface area contributed by atoms with Crippen molar-refractivity contribution in [1.82, 2.24) is 10.0 Å². The molecular weight excluding hydrogens is 343 g/mol. The number of nitrogens with one attached hydrogen (secondary N) is 2. The van der Waals surface area contributed by atoms with Crippen molar-refractivity contribution >= 4 is 45.6 Å². The molecule has 0 saturated carbocycles. The molecule has 20 heavy (non-hydrogen) atoms. The summed E-state index contributed by atoms with van der Waals surface area (Å²) in [6, 6.07) is 4.59. The van der Waals surface area contributed by atoms with E-state index in [0.717, 1.165) is 19.4 Å². The summed E-state index contributed by atoms with van der Waals surface area (Å²) in [7, 11) is -3.54. The normalized spacial score (nSPS) is 23.1. The maximum absolute atomic E-state index is 12.2. The van der Waals surface area contributed by atoms with Crippen LogP contribution in [0.3, 0.4) is 0 Å². The van der Waals surface area contributed by atoms with Gasteiger partial charge in [0.05, 0.1) is 14.9 Å². The Morgan fingerprint density at radius 2 is 2.00 bits per heavy atom. The molecular formula is C12H17Cl3N2O2S. The summed E-state index contributed by atoms with van der Waals surface area (Å²) in [5.41, 5.74) is 0. The first-order valence-electron chi connectivity index (χ1n) is 6.09. The van der Waals surface area contributed by atoms with Gasteiger partial charge in [-0.15, -0.1) is 12.4 Å². The topological polar surface area (TPSA) is 58.2 Å². The van der Waals surface area contributed by atoms with E-state index in [1.807, 2.05) is 6.92 Å². The van der Waals surface area contributed by atoms with Gasteiger partial charge in [-0.25, -0.2) is 13.1 Å². The molecule has 2 N–H and O–H groups in total.